The number of methoxy groups -OCH3 is 1. The first-order chi connectivity index (χ1) is 13.5. The quantitative estimate of drug-likeness (QED) is 0.648. The average molecular weight is 420 g/mol. The van der Waals surface area contributed by atoms with Gasteiger partial charge < -0.3 is 19.1 Å². The molecule has 0 aliphatic carbocycles. The minimum Gasteiger partial charge on any atom is -0.494 e. The van der Waals surface area contributed by atoms with Gasteiger partial charge in [-0.15, -0.1) is 0 Å². The molecule has 1 aliphatic rings. The fourth-order valence-corrected chi connectivity index (χ4v) is 4.90. The van der Waals surface area contributed by atoms with Gasteiger partial charge in [0.2, 0.25) is 0 Å². The molecule has 3 aromatic rings. The van der Waals surface area contributed by atoms with Gasteiger partial charge in [0.1, 0.15) is 17.0 Å². The highest BCUT2D eigenvalue weighted by Crippen LogP contribution is 2.39. The number of rotatable bonds is 4. The summed E-state index contributed by atoms with van der Waals surface area (Å²) in [5.74, 6) is 0.744. The molecule has 9 heteroatoms. The summed E-state index contributed by atoms with van der Waals surface area (Å²) in [6.07, 6.45) is 5.05. The number of halogens is 1. The third-order valence-corrected chi connectivity index (χ3v) is 6.88. The summed E-state index contributed by atoms with van der Waals surface area (Å²) in [6, 6.07) is 3.89. The molecule has 148 valence electrons. The molecular weight excluding hydrogens is 398 g/mol. The Morgan fingerprint density at radius 3 is 2.75 bits per heavy atom. The van der Waals surface area contributed by atoms with E-state index in [0.29, 0.717) is 10.7 Å². The molecule has 0 N–H and O–H groups in total. The molecule has 28 heavy (non-hydrogen) atoms. The van der Waals surface area contributed by atoms with Gasteiger partial charge in [0.05, 0.1) is 29.4 Å². The van der Waals surface area contributed by atoms with E-state index in [0.717, 1.165) is 47.0 Å². The van der Waals surface area contributed by atoms with Crippen molar-refractivity contribution in [3.8, 4) is 5.75 Å². The average Bonchev–Trinajstić information content (AvgIpc) is 3.34. The second-order valence-corrected chi connectivity index (χ2v) is 8.33. The minimum atomic E-state index is 0.00922. The number of hydrogen-bond donors (Lipinski definition) is 0. The highest BCUT2D eigenvalue weighted by atomic mass is 35.5. The Bertz CT molecular complexity index is 1010. The Labute approximate surface area is 172 Å². The number of imidazole rings is 1. The lowest BCUT2D eigenvalue weighted by molar-refractivity contribution is 0.0699. The van der Waals surface area contributed by atoms with E-state index in [9.17, 15) is 4.79 Å². The molecule has 0 radical (unpaired) electrons. The van der Waals surface area contributed by atoms with E-state index >= 15 is 0 Å². The number of amides is 1. The van der Waals surface area contributed by atoms with Crippen LogP contribution in [0.2, 0.25) is 5.02 Å². The molecule has 1 fully saturated rings. The van der Waals surface area contributed by atoms with Crippen molar-refractivity contribution in [3.05, 3.63) is 35.4 Å². The summed E-state index contributed by atoms with van der Waals surface area (Å²) >= 11 is 7.93. The van der Waals surface area contributed by atoms with Crippen LogP contribution < -0.4 is 9.64 Å². The Hall–Kier alpha value is -2.32. The highest BCUT2D eigenvalue weighted by molar-refractivity contribution is 7.22. The van der Waals surface area contributed by atoms with Crippen LogP contribution in [0.4, 0.5) is 5.13 Å². The molecule has 0 atom stereocenters. The van der Waals surface area contributed by atoms with Crippen LogP contribution >= 0.6 is 22.9 Å². The maximum absolute atomic E-state index is 12.7. The molecular formula is C19H22ClN5O2S. The number of anilines is 1. The van der Waals surface area contributed by atoms with Crippen molar-refractivity contribution in [1.29, 1.82) is 0 Å². The van der Waals surface area contributed by atoms with Crippen LogP contribution in [0.1, 0.15) is 23.3 Å². The van der Waals surface area contributed by atoms with Crippen molar-refractivity contribution in [2.75, 3.05) is 32.1 Å². The number of aromatic nitrogens is 3. The molecule has 0 unspecified atom stereocenters. The lowest BCUT2D eigenvalue weighted by Crippen LogP contribution is -2.46. The molecule has 0 spiro atoms. The fourth-order valence-electron chi connectivity index (χ4n) is 3.60. The zero-order valence-electron chi connectivity index (χ0n) is 16.1. The smallest absolute Gasteiger partial charge is 0.272 e. The Balaban J connectivity index is 1.47. The third-order valence-electron chi connectivity index (χ3n) is 5.31. The number of nitrogens with zero attached hydrogens (tertiary/aromatic N) is 5. The number of hydrogen-bond acceptors (Lipinski definition) is 6. The minimum absolute atomic E-state index is 0.00922. The summed E-state index contributed by atoms with van der Waals surface area (Å²) in [5, 5.41) is 1.64. The van der Waals surface area contributed by atoms with Crippen molar-refractivity contribution < 1.29 is 9.53 Å². The van der Waals surface area contributed by atoms with E-state index in [1.807, 2.05) is 31.1 Å². The number of ether oxygens (including phenoxy) is 1. The number of aryl methyl sites for hydroxylation is 1. The van der Waals surface area contributed by atoms with Crippen molar-refractivity contribution in [2.24, 2.45) is 7.05 Å². The summed E-state index contributed by atoms with van der Waals surface area (Å²) in [7, 11) is 5.35. The maximum Gasteiger partial charge on any atom is 0.272 e. The largest absolute Gasteiger partial charge is 0.494 e. The van der Waals surface area contributed by atoms with Gasteiger partial charge in [-0.25, -0.2) is 9.97 Å². The van der Waals surface area contributed by atoms with Crippen LogP contribution in [0.25, 0.3) is 10.2 Å². The molecule has 3 heterocycles. The van der Waals surface area contributed by atoms with Crippen LogP contribution in [0.15, 0.2) is 24.7 Å². The SMILES string of the molecule is COc1ccc(Cl)c2sc(N3CCC(N(C)C(=O)c4cncn4C)CC3)nc12. The monoisotopic (exact) mass is 419 g/mol. The number of carbonyl (C=O) groups is 1. The van der Waals surface area contributed by atoms with E-state index in [1.54, 1.807) is 35.5 Å². The standard InChI is InChI=1S/C19H22ClN5O2S/c1-23-11-21-10-14(23)18(26)24(2)12-6-8-25(9-7-12)19-22-16-15(27-3)5-4-13(20)17(16)28-19/h4-5,10-12H,6-9H2,1-3H3. The van der Waals surface area contributed by atoms with Crippen molar-refractivity contribution in [3.63, 3.8) is 0 Å². The first-order valence-electron chi connectivity index (χ1n) is 9.11. The molecule has 1 aromatic carbocycles. The zero-order chi connectivity index (χ0) is 19.8. The van der Waals surface area contributed by atoms with Gasteiger partial charge >= 0.3 is 0 Å². The van der Waals surface area contributed by atoms with E-state index in [2.05, 4.69) is 9.88 Å². The summed E-state index contributed by atoms with van der Waals surface area (Å²) in [5.41, 5.74) is 1.42. The van der Waals surface area contributed by atoms with Gasteiger partial charge in [0, 0.05) is 33.2 Å². The van der Waals surface area contributed by atoms with Crippen LogP contribution in [0.3, 0.4) is 0 Å². The molecule has 2 aromatic heterocycles. The summed E-state index contributed by atoms with van der Waals surface area (Å²) in [6.45, 7) is 1.68. The second kappa shape index (κ2) is 7.60. The molecule has 4 rings (SSSR count). The van der Waals surface area contributed by atoms with E-state index in [1.165, 1.54) is 0 Å². The van der Waals surface area contributed by atoms with Crippen LogP contribution in [0, 0.1) is 0 Å². The topological polar surface area (TPSA) is 63.5 Å². The Morgan fingerprint density at radius 1 is 1.36 bits per heavy atom. The van der Waals surface area contributed by atoms with Crippen molar-refractivity contribution in [2.45, 2.75) is 18.9 Å². The molecule has 0 saturated carbocycles. The maximum atomic E-state index is 12.7. The summed E-state index contributed by atoms with van der Waals surface area (Å²) in [4.78, 5) is 25.6. The number of benzene rings is 1. The molecule has 1 amide bonds. The molecule has 7 nitrogen and oxygen atoms in total. The van der Waals surface area contributed by atoms with Gasteiger partial charge in [-0.05, 0) is 25.0 Å². The van der Waals surface area contributed by atoms with Crippen molar-refractivity contribution in [1.82, 2.24) is 19.4 Å². The van der Waals surface area contributed by atoms with Crippen LogP contribution in [-0.2, 0) is 7.05 Å². The van der Waals surface area contributed by atoms with E-state index < -0.39 is 0 Å². The van der Waals surface area contributed by atoms with Crippen LogP contribution in [-0.4, -0.2) is 58.6 Å². The predicted molar refractivity (Wildman–Crippen MR) is 112 cm³/mol. The normalized spacial score (nSPS) is 15.2. The third kappa shape index (κ3) is 3.31. The molecule has 0 bridgehead atoms. The van der Waals surface area contributed by atoms with Gasteiger partial charge in [0.25, 0.3) is 5.91 Å². The number of thiazole rings is 1. The van der Waals surface area contributed by atoms with Gasteiger partial charge in [-0.1, -0.05) is 22.9 Å². The first kappa shape index (κ1) is 19.0. The molecule has 1 aliphatic heterocycles. The zero-order valence-corrected chi connectivity index (χ0v) is 17.6. The number of piperidine rings is 1. The highest BCUT2D eigenvalue weighted by Gasteiger charge is 2.28. The van der Waals surface area contributed by atoms with Gasteiger partial charge in [0.15, 0.2) is 5.13 Å². The second-order valence-electron chi connectivity index (χ2n) is 6.95. The predicted octanol–water partition coefficient (Wildman–Crippen LogP) is 3.43. The Morgan fingerprint density at radius 2 is 2.11 bits per heavy atom. The number of carbonyl (C=O) groups excluding carboxylic acids is 1. The van der Waals surface area contributed by atoms with Crippen LogP contribution in [0.5, 0.6) is 5.75 Å². The van der Waals surface area contributed by atoms with Gasteiger partial charge in [-0.2, -0.15) is 0 Å². The fraction of sp³-hybridized carbons (Fsp3) is 0.421. The lowest BCUT2D eigenvalue weighted by Gasteiger charge is -2.36. The first-order valence-corrected chi connectivity index (χ1v) is 10.3. The molecule has 1 saturated heterocycles. The van der Waals surface area contributed by atoms with Gasteiger partial charge in [-0.3, -0.25) is 4.79 Å². The van der Waals surface area contributed by atoms with Crippen molar-refractivity contribution >= 4 is 44.2 Å². The number of fused-ring (bicyclic) bond motifs is 1. The Kier molecular flexibility index (Phi) is 5.16. The van der Waals surface area contributed by atoms with E-state index in [-0.39, 0.29) is 11.9 Å². The van der Waals surface area contributed by atoms with E-state index in [4.69, 9.17) is 21.3 Å². The lowest BCUT2D eigenvalue weighted by atomic mass is 10.0. The summed E-state index contributed by atoms with van der Waals surface area (Å²) < 4.78 is 8.12.